The molecule has 1 unspecified atom stereocenters. The first-order valence-corrected chi connectivity index (χ1v) is 33.1. The zero-order chi connectivity index (χ0) is 63.0. The van der Waals surface area contributed by atoms with Crippen molar-refractivity contribution in [2.45, 2.75) is 163 Å². The lowest BCUT2D eigenvalue weighted by molar-refractivity contribution is -0.438. The van der Waals surface area contributed by atoms with E-state index in [4.69, 9.17) is 32.1 Å². The van der Waals surface area contributed by atoms with Crippen molar-refractivity contribution >= 4 is 60.1 Å². The summed E-state index contributed by atoms with van der Waals surface area (Å²) in [5, 5.41) is 24.6. The van der Waals surface area contributed by atoms with Gasteiger partial charge in [-0.15, -0.1) is 0 Å². The van der Waals surface area contributed by atoms with Crippen LogP contribution in [0.25, 0.3) is 42.6 Å². The van der Waals surface area contributed by atoms with E-state index in [1.54, 1.807) is 6.92 Å². The second-order valence-corrected chi connectivity index (χ2v) is 25.9. The van der Waals surface area contributed by atoms with Crippen LogP contribution >= 0.6 is 0 Å². The van der Waals surface area contributed by atoms with E-state index in [1.165, 1.54) is 145 Å². The average molecular weight is 1200 g/mol. The molecule has 0 fully saturated rings. The van der Waals surface area contributed by atoms with Crippen molar-refractivity contribution in [2.24, 2.45) is 11.8 Å². The molecule has 0 aromatic heterocycles. The molecule has 0 N–H and O–H groups in total. The van der Waals surface area contributed by atoms with Gasteiger partial charge in [0.05, 0.1) is 54.0 Å². The van der Waals surface area contributed by atoms with E-state index < -0.39 is 15.9 Å². The summed E-state index contributed by atoms with van der Waals surface area (Å²) in [5.41, 5.74) is 7.91. The molecule has 14 heteroatoms. The fourth-order valence-electron chi connectivity index (χ4n) is 12.0. The summed E-state index contributed by atoms with van der Waals surface area (Å²) in [7, 11) is -4.30. The zero-order valence-corrected chi connectivity index (χ0v) is 54.0. The van der Waals surface area contributed by atoms with Crippen LogP contribution in [0.15, 0.2) is 109 Å². The Labute approximate surface area is 519 Å². The van der Waals surface area contributed by atoms with Gasteiger partial charge in [0.1, 0.15) is 31.3 Å². The molecule has 0 bridgehead atoms. The van der Waals surface area contributed by atoms with Crippen LogP contribution in [0.1, 0.15) is 163 Å². The van der Waals surface area contributed by atoms with Gasteiger partial charge in [-0.25, -0.2) is 28.6 Å². The minimum atomic E-state index is -4.30. The van der Waals surface area contributed by atoms with Crippen LogP contribution in [-0.4, -0.2) is 81.7 Å². The van der Waals surface area contributed by atoms with Gasteiger partial charge < -0.3 is 28.4 Å². The molecule has 0 saturated carbocycles. The number of hydrogen-bond acceptors (Lipinski definition) is 10. The Kier molecular flexibility index (Phi) is 26.7. The van der Waals surface area contributed by atoms with Crippen molar-refractivity contribution in [1.29, 1.82) is 10.5 Å². The highest BCUT2D eigenvalue weighted by Gasteiger charge is 2.46. The summed E-state index contributed by atoms with van der Waals surface area (Å²) in [6.45, 7) is 38.3. The summed E-state index contributed by atoms with van der Waals surface area (Å²) in [6.07, 6.45) is 24.3. The number of fused-ring (bicyclic) bond motifs is 6. The zero-order valence-electron chi connectivity index (χ0n) is 53.2. The van der Waals surface area contributed by atoms with Gasteiger partial charge in [-0.3, -0.25) is 0 Å². The number of rotatable bonds is 32. The molecule has 2 aliphatic heterocycles. The highest BCUT2D eigenvalue weighted by molar-refractivity contribution is 7.85. The quantitative estimate of drug-likeness (QED) is 0.0176. The van der Waals surface area contributed by atoms with Gasteiger partial charge in [0.25, 0.3) is 11.4 Å². The van der Waals surface area contributed by atoms with Crippen LogP contribution in [0, 0.1) is 47.6 Å². The molecule has 1 atom stereocenters. The summed E-state index contributed by atoms with van der Waals surface area (Å²) < 4.78 is 57.6. The smallest absolute Gasteiger partial charge is 0.272 e. The third-order valence-electron chi connectivity index (χ3n) is 16.6. The minimum Gasteiger partial charge on any atom is -0.748 e. The van der Waals surface area contributed by atoms with Gasteiger partial charge in [0.2, 0.25) is 5.69 Å². The number of unbranched alkanes of at least 4 members (excludes halogenated alkanes) is 10. The van der Waals surface area contributed by atoms with E-state index in [1.807, 2.05) is 12.1 Å². The number of benzene rings is 5. The summed E-state index contributed by atoms with van der Waals surface area (Å²) >= 11 is 0. The topological polar surface area (TPSA) is 157 Å². The highest BCUT2D eigenvalue weighted by atomic mass is 32.2. The van der Waals surface area contributed by atoms with Crippen LogP contribution in [0.4, 0.5) is 11.4 Å². The van der Waals surface area contributed by atoms with Crippen LogP contribution in [0.5, 0.6) is 11.5 Å². The SMILES string of the molecule is CCCCCCCCN1/C(=C\C=C\C2=[N+](CCCCCCCC)c3ccc4ccccc4c3C2(C)C)C(C)(C)c2c1ccc1ccccc21.[C-]#[N+]/C(C#N)=c1/cc(OCCOCCC(C)CS(=O)(=O)[O-])/c(=C(\C#N)[N+]#[C-])cc1OCCOCCC(C)C. The van der Waals surface area contributed by atoms with Gasteiger partial charge in [0.15, 0.2) is 5.71 Å². The number of anilines is 1. The molecule has 13 nitrogen and oxygen atoms in total. The predicted octanol–water partition coefficient (Wildman–Crippen LogP) is 15.5. The third kappa shape index (κ3) is 18.6. The van der Waals surface area contributed by atoms with Crippen molar-refractivity contribution in [1.82, 2.24) is 0 Å². The summed E-state index contributed by atoms with van der Waals surface area (Å²) in [5.74, 6) is -0.101. The molecule has 0 aliphatic carbocycles. The van der Waals surface area contributed by atoms with Gasteiger partial charge in [-0.1, -0.05) is 167 Å². The van der Waals surface area contributed by atoms with E-state index in [-0.39, 0.29) is 83.1 Å². The van der Waals surface area contributed by atoms with Gasteiger partial charge in [-0.05, 0) is 109 Å². The van der Waals surface area contributed by atoms with Crippen molar-refractivity contribution in [3.05, 3.63) is 153 Å². The highest BCUT2D eigenvalue weighted by Crippen LogP contribution is 2.51. The van der Waals surface area contributed by atoms with Gasteiger partial charge in [0, 0.05) is 76.9 Å². The number of hydrogen-bond donors (Lipinski definition) is 0. The monoisotopic (exact) mass is 1200 g/mol. The van der Waals surface area contributed by atoms with Gasteiger partial charge in [-0.2, -0.15) is 4.58 Å². The number of ether oxygens (including phenoxy) is 4. The molecule has 7 rings (SSSR count). The van der Waals surface area contributed by atoms with Crippen LogP contribution in [0.3, 0.4) is 0 Å². The van der Waals surface area contributed by atoms with Crippen LogP contribution in [0.2, 0.25) is 0 Å². The minimum absolute atomic E-state index is 0.00117. The third-order valence-corrected chi connectivity index (χ3v) is 17.5. The summed E-state index contributed by atoms with van der Waals surface area (Å²) in [4.78, 5) is 9.15. The summed E-state index contributed by atoms with van der Waals surface area (Å²) in [6, 6.07) is 33.8. The molecule has 0 radical (unpaired) electrons. The van der Waals surface area contributed by atoms with Crippen molar-refractivity contribution in [3.63, 3.8) is 0 Å². The molecule has 5 aromatic carbocycles. The Hall–Kier alpha value is -7.30. The van der Waals surface area contributed by atoms with Crippen LogP contribution < -0.4 is 24.8 Å². The van der Waals surface area contributed by atoms with Crippen molar-refractivity contribution in [3.8, 4) is 23.6 Å². The normalized spacial score (nSPS) is 15.6. The first-order valence-electron chi connectivity index (χ1n) is 31.5. The Bertz CT molecular complexity index is 3630. The van der Waals surface area contributed by atoms with E-state index in [0.29, 0.717) is 18.9 Å². The fourth-order valence-corrected chi connectivity index (χ4v) is 12.9. The van der Waals surface area contributed by atoms with E-state index >= 15 is 0 Å². The molecule has 0 amide bonds. The maximum atomic E-state index is 10.8. The Balaban J connectivity index is 0.000000289. The molecule has 0 saturated heterocycles. The second-order valence-electron chi connectivity index (χ2n) is 24.5. The maximum Gasteiger partial charge on any atom is 0.272 e. The maximum absolute atomic E-state index is 10.8. The number of allylic oxidation sites excluding steroid dienone is 4. The lowest BCUT2D eigenvalue weighted by atomic mass is 9.79. The molecular weight excluding hydrogens is 1100 g/mol. The Morgan fingerprint density at radius 3 is 1.72 bits per heavy atom. The molecule has 2 heterocycles. The van der Waals surface area contributed by atoms with Crippen molar-refractivity contribution < 1.29 is 36.5 Å². The molecule has 0 spiro atoms. The second kappa shape index (κ2) is 33.7. The molecular formula is C73H92N6O7S. The molecule has 87 heavy (non-hydrogen) atoms. The number of nitrogens with zero attached hydrogens (tertiary/aromatic N) is 6. The predicted molar refractivity (Wildman–Crippen MR) is 352 cm³/mol. The Morgan fingerprint density at radius 1 is 0.667 bits per heavy atom. The van der Waals surface area contributed by atoms with Crippen molar-refractivity contribution in [2.75, 3.05) is 63.4 Å². The fraction of sp³-hybridized carbons (Fsp3) is 0.493. The standard InChI is InChI=1S/C47H61N2.C26H32N4O7S/c1-7-9-11-13-15-21-34-48-40-32-30-36-24-17-19-26-38(36)44(40)46(3,4)42(48)28-23-29-43-47(5,6)45-39-27-20-18-25-37(39)31-33-41(45)49(43)35-22-16-14-12-10-8-2;1-19(2)6-8-34-10-12-36-25-14-22(24(17-28)30-5)26(15-21(25)23(16-27)29-4)37-13-11-35-9-7-20(3)18-38(31,32)33/h17-20,23-33H,7-16,21-22,34-35H2,1-6H3;14-15,19-20H,6-13,18H2,1-3H3,(H,31,32,33)/q+1;/p-1/b;23-21-,24-22+. The molecule has 5 aromatic rings. The lowest BCUT2D eigenvalue weighted by Gasteiger charge is -2.27. The average Bonchev–Trinajstić information content (AvgIpc) is 1.60. The largest absolute Gasteiger partial charge is 0.748 e. The lowest BCUT2D eigenvalue weighted by Crippen LogP contribution is -2.28. The van der Waals surface area contributed by atoms with E-state index in [0.717, 1.165) is 19.5 Å². The van der Waals surface area contributed by atoms with Crippen LogP contribution in [-0.2, 0) is 30.4 Å². The van der Waals surface area contributed by atoms with E-state index in [9.17, 15) is 23.5 Å². The first-order chi connectivity index (χ1) is 41.9. The Morgan fingerprint density at radius 2 is 1.18 bits per heavy atom. The van der Waals surface area contributed by atoms with Gasteiger partial charge >= 0.3 is 0 Å². The number of nitriles is 2. The van der Waals surface area contributed by atoms with E-state index in [2.05, 4.69) is 166 Å². The molecule has 2 aliphatic rings. The first kappa shape index (κ1) is 68.8. The molecule has 462 valence electrons.